The van der Waals surface area contributed by atoms with Crippen LogP contribution in [0.4, 0.5) is 10.1 Å². The molecule has 0 aliphatic carbocycles. The second kappa shape index (κ2) is 8.47. The van der Waals surface area contributed by atoms with Crippen molar-refractivity contribution < 1.29 is 28.6 Å². The first-order valence-electron chi connectivity index (χ1n) is 9.10. The molecule has 8 heteroatoms. The minimum absolute atomic E-state index is 0.0171. The van der Waals surface area contributed by atoms with E-state index in [4.69, 9.17) is 4.74 Å². The number of para-hydroxylation sites is 1. The van der Waals surface area contributed by atoms with E-state index in [1.807, 2.05) is 0 Å². The normalized spacial score (nSPS) is 21.9. The van der Waals surface area contributed by atoms with Gasteiger partial charge < -0.3 is 20.1 Å². The number of hydrogen-bond donors (Lipinski definition) is 2. The lowest BCUT2D eigenvalue weighted by atomic mass is 9.86. The number of anilines is 1. The molecule has 7 nitrogen and oxygen atoms in total. The van der Waals surface area contributed by atoms with Crippen molar-refractivity contribution in [3.8, 4) is 0 Å². The van der Waals surface area contributed by atoms with E-state index in [0.29, 0.717) is 26.1 Å². The van der Waals surface area contributed by atoms with Gasteiger partial charge in [0.15, 0.2) is 0 Å². The van der Waals surface area contributed by atoms with Crippen molar-refractivity contribution in [3.05, 3.63) is 30.1 Å². The topological polar surface area (TPSA) is 95.9 Å². The van der Waals surface area contributed by atoms with Gasteiger partial charge in [-0.2, -0.15) is 0 Å². The lowest BCUT2D eigenvalue weighted by molar-refractivity contribution is -0.145. The summed E-state index contributed by atoms with van der Waals surface area (Å²) in [4.78, 5) is 37.5. The van der Waals surface area contributed by atoms with Crippen LogP contribution in [0.15, 0.2) is 24.3 Å². The molecule has 27 heavy (non-hydrogen) atoms. The van der Waals surface area contributed by atoms with Crippen molar-refractivity contribution in [2.75, 3.05) is 31.2 Å². The number of carboxylic acid groups (broad SMARTS) is 1. The molecule has 2 heterocycles. The van der Waals surface area contributed by atoms with E-state index >= 15 is 0 Å². The fourth-order valence-corrected chi connectivity index (χ4v) is 3.72. The van der Waals surface area contributed by atoms with E-state index in [0.717, 1.165) is 0 Å². The average Bonchev–Trinajstić information content (AvgIpc) is 3.04. The van der Waals surface area contributed by atoms with Gasteiger partial charge in [0, 0.05) is 32.7 Å². The van der Waals surface area contributed by atoms with Gasteiger partial charge in [-0.3, -0.25) is 14.4 Å². The van der Waals surface area contributed by atoms with Gasteiger partial charge in [0.25, 0.3) is 0 Å². The van der Waals surface area contributed by atoms with Crippen LogP contribution in [0.1, 0.15) is 19.3 Å². The Morgan fingerprint density at radius 3 is 2.67 bits per heavy atom. The molecular weight excluding hydrogens is 355 g/mol. The number of amides is 2. The number of nitrogens with one attached hydrogen (secondary N) is 1. The second-order valence-electron chi connectivity index (χ2n) is 7.00. The molecule has 0 radical (unpaired) electrons. The highest BCUT2D eigenvalue weighted by Crippen LogP contribution is 2.28. The van der Waals surface area contributed by atoms with Crippen molar-refractivity contribution in [2.24, 2.45) is 17.8 Å². The van der Waals surface area contributed by atoms with Crippen molar-refractivity contribution in [3.63, 3.8) is 0 Å². The maximum Gasteiger partial charge on any atom is 0.308 e. The summed E-state index contributed by atoms with van der Waals surface area (Å²) in [5, 5.41) is 12.1. The van der Waals surface area contributed by atoms with Gasteiger partial charge in [-0.05, 0) is 30.9 Å². The average molecular weight is 378 g/mol. The molecule has 1 aromatic rings. The van der Waals surface area contributed by atoms with Crippen LogP contribution in [0.2, 0.25) is 0 Å². The number of carboxylic acids is 1. The molecule has 2 fully saturated rings. The first-order chi connectivity index (χ1) is 13.0. The Balaban J connectivity index is 1.59. The van der Waals surface area contributed by atoms with Crippen LogP contribution in [0.25, 0.3) is 0 Å². The molecule has 2 atom stereocenters. The van der Waals surface area contributed by atoms with Crippen LogP contribution in [-0.4, -0.2) is 49.2 Å². The maximum absolute atomic E-state index is 13.9. The molecule has 1 aromatic carbocycles. The third-order valence-corrected chi connectivity index (χ3v) is 5.29. The summed E-state index contributed by atoms with van der Waals surface area (Å²) in [7, 11) is 0. The Labute approximate surface area is 156 Å². The van der Waals surface area contributed by atoms with Gasteiger partial charge in [0.05, 0.1) is 17.5 Å². The molecule has 2 aliphatic heterocycles. The lowest BCUT2D eigenvalue weighted by Crippen LogP contribution is -2.41. The Bertz CT molecular complexity index is 720. The molecule has 2 saturated heterocycles. The molecule has 146 valence electrons. The number of nitrogens with zero attached hydrogens (tertiary/aromatic N) is 1. The molecule has 2 amide bonds. The quantitative estimate of drug-likeness (QED) is 0.781. The molecule has 2 aliphatic rings. The van der Waals surface area contributed by atoms with Crippen molar-refractivity contribution >= 4 is 23.5 Å². The number of hydrogen-bond acceptors (Lipinski definition) is 4. The monoisotopic (exact) mass is 378 g/mol. The van der Waals surface area contributed by atoms with Crippen LogP contribution in [-0.2, 0) is 19.1 Å². The molecule has 0 aromatic heterocycles. The maximum atomic E-state index is 13.9. The van der Waals surface area contributed by atoms with E-state index < -0.39 is 23.6 Å². The zero-order chi connectivity index (χ0) is 19.4. The molecule has 0 saturated carbocycles. The minimum atomic E-state index is -0.947. The van der Waals surface area contributed by atoms with Crippen LogP contribution < -0.4 is 10.2 Å². The van der Waals surface area contributed by atoms with E-state index in [1.165, 1.54) is 23.1 Å². The summed E-state index contributed by atoms with van der Waals surface area (Å²) >= 11 is 0. The fraction of sp³-hybridized carbons (Fsp3) is 0.526. The molecule has 0 spiro atoms. The number of rotatable bonds is 6. The Morgan fingerprint density at radius 1 is 1.30 bits per heavy atom. The van der Waals surface area contributed by atoms with E-state index in [9.17, 15) is 23.9 Å². The highest BCUT2D eigenvalue weighted by Gasteiger charge is 2.37. The van der Waals surface area contributed by atoms with Crippen LogP contribution in [0.3, 0.4) is 0 Å². The highest BCUT2D eigenvalue weighted by atomic mass is 19.1. The first kappa shape index (κ1) is 19.3. The van der Waals surface area contributed by atoms with Gasteiger partial charge in [0.2, 0.25) is 11.8 Å². The van der Waals surface area contributed by atoms with Crippen LogP contribution in [0, 0.1) is 23.6 Å². The largest absolute Gasteiger partial charge is 0.481 e. The summed E-state index contributed by atoms with van der Waals surface area (Å²) < 4.78 is 19.2. The predicted molar refractivity (Wildman–Crippen MR) is 94.5 cm³/mol. The van der Waals surface area contributed by atoms with Gasteiger partial charge >= 0.3 is 5.97 Å². The number of halogens is 1. The van der Waals surface area contributed by atoms with Gasteiger partial charge in [-0.15, -0.1) is 0 Å². The Morgan fingerprint density at radius 2 is 2.00 bits per heavy atom. The zero-order valence-electron chi connectivity index (χ0n) is 14.9. The molecule has 0 bridgehead atoms. The van der Waals surface area contributed by atoms with E-state index in [1.54, 1.807) is 6.07 Å². The van der Waals surface area contributed by atoms with Crippen LogP contribution >= 0.6 is 0 Å². The second-order valence-corrected chi connectivity index (χ2v) is 7.00. The first-order valence-corrected chi connectivity index (χ1v) is 9.10. The SMILES string of the molecule is O=C(NCC(C(=O)O)C1CCOCC1)C1CC(=O)N(c2ccccc2F)C1. The van der Waals surface area contributed by atoms with Crippen molar-refractivity contribution in [1.82, 2.24) is 5.32 Å². The zero-order valence-corrected chi connectivity index (χ0v) is 14.9. The smallest absolute Gasteiger partial charge is 0.308 e. The van der Waals surface area contributed by atoms with Gasteiger partial charge in [-0.1, -0.05) is 12.1 Å². The van der Waals surface area contributed by atoms with Gasteiger partial charge in [0.1, 0.15) is 5.82 Å². The lowest BCUT2D eigenvalue weighted by Gasteiger charge is -2.28. The Hall–Kier alpha value is -2.48. The number of benzene rings is 1. The van der Waals surface area contributed by atoms with Gasteiger partial charge in [-0.25, -0.2) is 4.39 Å². The third kappa shape index (κ3) is 4.44. The number of aliphatic carboxylic acids is 1. The highest BCUT2D eigenvalue weighted by molar-refractivity contribution is 6.00. The van der Waals surface area contributed by atoms with Crippen LogP contribution in [0.5, 0.6) is 0 Å². The van der Waals surface area contributed by atoms with E-state index in [2.05, 4.69) is 5.32 Å². The third-order valence-electron chi connectivity index (χ3n) is 5.29. The fourth-order valence-electron chi connectivity index (χ4n) is 3.72. The summed E-state index contributed by atoms with van der Waals surface area (Å²) in [6.07, 6.45) is 1.28. The number of carbonyl (C=O) groups excluding carboxylic acids is 2. The summed E-state index contributed by atoms with van der Waals surface area (Å²) in [6.45, 7) is 1.15. The minimum Gasteiger partial charge on any atom is -0.481 e. The van der Waals surface area contributed by atoms with Crippen molar-refractivity contribution in [1.29, 1.82) is 0 Å². The van der Waals surface area contributed by atoms with Crippen molar-refractivity contribution in [2.45, 2.75) is 19.3 Å². The summed E-state index contributed by atoms with van der Waals surface area (Å²) in [5.74, 6) is -3.51. The standard InChI is InChI=1S/C19H23FN2O5/c20-15-3-1-2-4-16(15)22-11-13(9-17(22)23)18(24)21-10-14(19(25)26)12-5-7-27-8-6-12/h1-4,12-14H,5-11H2,(H,21,24)(H,25,26). The molecule has 2 N–H and O–H groups in total. The van der Waals surface area contributed by atoms with E-state index in [-0.39, 0.29) is 42.9 Å². The summed E-state index contributed by atoms with van der Waals surface area (Å²) in [6, 6.07) is 5.93. The molecule has 2 unspecified atom stereocenters. The molecular formula is C19H23FN2O5. The predicted octanol–water partition coefficient (Wildman–Crippen LogP) is 1.42. The molecule has 3 rings (SSSR count). The number of ether oxygens (including phenoxy) is 1. The summed E-state index contributed by atoms with van der Waals surface area (Å²) in [5.41, 5.74) is 0.156. The Kier molecular flexibility index (Phi) is 6.05. The number of carbonyl (C=O) groups is 3.